The second-order valence-corrected chi connectivity index (χ2v) is 5.29. The molecular formula is C10H14BrN3O. The van der Waals surface area contributed by atoms with Crippen LogP contribution in [0.3, 0.4) is 0 Å². The molecule has 82 valence electrons. The van der Waals surface area contributed by atoms with E-state index in [9.17, 15) is 0 Å². The minimum atomic E-state index is 0.365. The largest absolute Gasteiger partial charge is 0.480 e. The lowest BCUT2D eigenvalue weighted by molar-refractivity contribution is 0.394. The second-order valence-electron chi connectivity index (χ2n) is 4.44. The van der Waals surface area contributed by atoms with Gasteiger partial charge in [-0.25, -0.2) is 4.98 Å². The van der Waals surface area contributed by atoms with Crippen molar-refractivity contribution in [1.29, 1.82) is 0 Å². The first-order valence-electron chi connectivity index (χ1n) is 4.86. The minimum Gasteiger partial charge on any atom is -0.480 e. The van der Waals surface area contributed by atoms with Crippen molar-refractivity contribution in [1.82, 2.24) is 9.97 Å². The highest BCUT2D eigenvalue weighted by molar-refractivity contribution is 9.10. The number of hydrogen-bond acceptors (Lipinski definition) is 4. The van der Waals surface area contributed by atoms with E-state index >= 15 is 0 Å². The first-order chi connectivity index (χ1) is 7.03. The zero-order valence-electron chi connectivity index (χ0n) is 9.04. The Hall–Kier alpha value is -0.840. The van der Waals surface area contributed by atoms with Crippen LogP contribution in [0.5, 0.6) is 5.88 Å². The molecule has 0 spiro atoms. The summed E-state index contributed by atoms with van der Waals surface area (Å²) < 4.78 is 5.87. The highest BCUT2D eigenvalue weighted by Crippen LogP contribution is 2.46. The van der Waals surface area contributed by atoms with Crippen molar-refractivity contribution < 1.29 is 4.74 Å². The molecule has 0 bridgehead atoms. The summed E-state index contributed by atoms with van der Waals surface area (Å²) in [5.41, 5.74) is 0.365. The maximum Gasteiger partial charge on any atom is 0.232 e. The van der Waals surface area contributed by atoms with Crippen molar-refractivity contribution in [2.75, 3.05) is 12.4 Å². The van der Waals surface area contributed by atoms with Crippen molar-refractivity contribution in [2.45, 2.75) is 26.3 Å². The highest BCUT2D eigenvalue weighted by atomic mass is 79.9. The van der Waals surface area contributed by atoms with Gasteiger partial charge in [-0.05, 0) is 27.8 Å². The van der Waals surface area contributed by atoms with Gasteiger partial charge in [0.15, 0.2) is 0 Å². The zero-order valence-corrected chi connectivity index (χ0v) is 10.6. The van der Waals surface area contributed by atoms with Crippen molar-refractivity contribution in [2.24, 2.45) is 5.41 Å². The molecule has 0 saturated heterocycles. The molecule has 0 aromatic carbocycles. The number of ether oxygens (including phenoxy) is 1. The van der Waals surface area contributed by atoms with Crippen molar-refractivity contribution in [3.8, 4) is 5.88 Å². The smallest absolute Gasteiger partial charge is 0.232 e. The average Bonchev–Trinajstić information content (AvgIpc) is 2.77. The SMILES string of the molecule is COc1nc(NC2CC2(C)C)ncc1Br. The fourth-order valence-corrected chi connectivity index (χ4v) is 1.79. The molecule has 1 aliphatic rings. The lowest BCUT2D eigenvalue weighted by Crippen LogP contribution is -2.11. The van der Waals surface area contributed by atoms with Crippen LogP contribution in [-0.4, -0.2) is 23.1 Å². The predicted octanol–water partition coefficient (Wildman–Crippen LogP) is 2.46. The van der Waals surface area contributed by atoms with Gasteiger partial charge in [0.05, 0.1) is 17.8 Å². The van der Waals surface area contributed by atoms with Gasteiger partial charge < -0.3 is 10.1 Å². The first-order valence-corrected chi connectivity index (χ1v) is 5.65. The molecule has 1 unspecified atom stereocenters. The number of rotatable bonds is 3. The minimum absolute atomic E-state index is 0.365. The summed E-state index contributed by atoms with van der Waals surface area (Å²) in [6.07, 6.45) is 2.86. The third-order valence-corrected chi connectivity index (χ3v) is 3.27. The number of anilines is 1. The monoisotopic (exact) mass is 271 g/mol. The van der Waals surface area contributed by atoms with Gasteiger partial charge in [-0.2, -0.15) is 4.98 Å². The summed E-state index contributed by atoms with van der Waals surface area (Å²) in [6, 6.07) is 0.475. The van der Waals surface area contributed by atoms with E-state index in [0.717, 1.165) is 10.9 Å². The maximum absolute atomic E-state index is 5.10. The average molecular weight is 272 g/mol. The fraction of sp³-hybridized carbons (Fsp3) is 0.600. The van der Waals surface area contributed by atoms with Gasteiger partial charge in [-0.1, -0.05) is 13.8 Å². The third-order valence-electron chi connectivity index (χ3n) is 2.72. The van der Waals surface area contributed by atoms with Crippen molar-refractivity contribution >= 4 is 21.9 Å². The van der Waals surface area contributed by atoms with Crippen molar-refractivity contribution in [3.63, 3.8) is 0 Å². The molecule has 1 aliphatic carbocycles. The summed E-state index contributed by atoms with van der Waals surface area (Å²) in [5.74, 6) is 1.19. The molecule has 2 rings (SSSR count). The molecular weight excluding hydrogens is 258 g/mol. The van der Waals surface area contributed by atoms with Crippen LogP contribution in [0, 0.1) is 5.41 Å². The Kier molecular flexibility index (Phi) is 2.58. The van der Waals surface area contributed by atoms with Gasteiger partial charge in [0.2, 0.25) is 11.8 Å². The molecule has 1 atom stereocenters. The summed E-state index contributed by atoms with van der Waals surface area (Å²) >= 11 is 3.32. The molecule has 0 amide bonds. The fourth-order valence-electron chi connectivity index (χ4n) is 1.43. The van der Waals surface area contributed by atoms with Crippen LogP contribution >= 0.6 is 15.9 Å². The Morgan fingerprint density at radius 3 is 2.80 bits per heavy atom. The molecule has 1 saturated carbocycles. The Morgan fingerprint density at radius 2 is 2.27 bits per heavy atom. The van der Waals surface area contributed by atoms with Crippen LogP contribution in [0.25, 0.3) is 0 Å². The summed E-state index contributed by atoms with van der Waals surface area (Å²) in [6.45, 7) is 4.45. The van der Waals surface area contributed by atoms with Crippen molar-refractivity contribution in [3.05, 3.63) is 10.7 Å². The van der Waals surface area contributed by atoms with Crippen LogP contribution in [0.15, 0.2) is 10.7 Å². The van der Waals surface area contributed by atoms with Gasteiger partial charge >= 0.3 is 0 Å². The molecule has 1 heterocycles. The Balaban J connectivity index is 2.10. The number of nitrogens with one attached hydrogen (secondary N) is 1. The molecule has 1 aromatic heterocycles. The Bertz CT molecular complexity index is 381. The molecule has 15 heavy (non-hydrogen) atoms. The van der Waals surface area contributed by atoms with Crippen LogP contribution in [0.4, 0.5) is 5.95 Å². The van der Waals surface area contributed by atoms with Gasteiger partial charge in [0.25, 0.3) is 0 Å². The van der Waals surface area contributed by atoms with Gasteiger partial charge in [0.1, 0.15) is 0 Å². The molecule has 1 fully saturated rings. The summed E-state index contributed by atoms with van der Waals surface area (Å²) in [7, 11) is 1.60. The van der Waals surface area contributed by atoms with E-state index in [2.05, 4.69) is 45.1 Å². The molecule has 5 heteroatoms. The topological polar surface area (TPSA) is 47.0 Å². The van der Waals surface area contributed by atoms with Gasteiger partial charge in [0, 0.05) is 6.04 Å². The molecule has 1 N–H and O–H groups in total. The standard InChI is InChI=1S/C10H14BrN3O/c1-10(2)4-7(10)13-9-12-5-6(11)8(14-9)15-3/h5,7H,4H2,1-3H3,(H,12,13,14). The number of methoxy groups -OCH3 is 1. The summed E-state index contributed by atoms with van der Waals surface area (Å²) in [4.78, 5) is 8.43. The zero-order chi connectivity index (χ0) is 11.1. The van der Waals surface area contributed by atoms with E-state index in [1.807, 2.05) is 0 Å². The maximum atomic E-state index is 5.10. The molecule has 1 aromatic rings. The number of hydrogen-bond donors (Lipinski definition) is 1. The van der Waals surface area contributed by atoms with E-state index in [0.29, 0.717) is 23.3 Å². The van der Waals surface area contributed by atoms with E-state index < -0.39 is 0 Å². The highest BCUT2D eigenvalue weighted by Gasteiger charge is 2.46. The van der Waals surface area contributed by atoms with E-state index in [4.69, 9.17) is 4.74 Å². The van der Waals surface area contributed by atoms with Crippen LogP contribution < -0.4 is 10.1 Å². The van der Waals surface area contributed by atoms with Crippen LogP contribution in [0.2, 0.25) is 0 Å². The third kappa shape index (κ3) is 2.22. The normalized spacial score (nSPS) is 22.3. The van der Waals surface area contributed by atoms with Gasteiger partial charge in [-0.3, -0.25) is 0 Å². The predicted molar refractivity (Wildman–Crippen MR) is 62.1 cm³/mol. The van der Waals surface area contributed by atoms with Gasteiger partial charge in [-0.15, -0.1) is 0 Å². The Labute approximate surface area is 97.6 Å². The number of nitrogens with zero attached hydrogens (tertiary/aromatic N) is 2. The summed E-state index contributed by atoms with van der Waals surface area (Å²) in [5, 5.41) is 3.28. The van der Waals surface area contributed by atoms with Crippen LogP contribution in [0.1, 0.15) is 20.3 Å². The lowest BCUT2D eigenvalue weighted by atomic mass is 10.2. The van der Waals surface area contributed by atoms with E-state index in [1.54, 1.807) is 13.3 Å². The molecule has 4 nitrogen and oxygen atoms in total. The molecule has 0 aliphatic heterocycles. The molecule has 0 radical (unpaired) electrons. The first kappa shape index (κ1) is 10.7. The van der Waals surface area contributed by atoms with E-state index in [1.165, 1.54) is 0 Å². The van der Waals surface area contributed by atoms with E-state index in [-0.39, 0.29) is 0 Å². The van der Waals surface area contributed by atoms with Crippen LogP contribution in [-0.2, 0) is 0 Å². The second kappa shape index (κ2) is 3.63. The lowest BCUT2D eigenvalue weighted by Gasteiger charge is -2.08. The Morgan fingerprint density at radius 1 is 1.60 bits per heavy atom. The number of halogens is 1. The quantitative estimate of drug-likeness (QED) is 0.918. The number of aromatic nitrogens is 2.